The quantitative estimate of drug-likeness (QED) is 0.174. The minimum absolute atomic E-state index is 0.631. The molecule has 0 saturated heterocycles. The van der Waals surface area contributed by atoms with E-state index in [9.17, 15) is 0 Å². The van der Waals surface area contributed by atoms with Crippen molar-refractivity contribution in [3.63, 3.8) is 0 Å². The maximum atomic E-state index is 6.16. The van der Waals surface area contributed by atoms with Crippen molar-refractivity contribution in [2.75, 3.05) is 25.4 Å². The van der Waals surface area contributed by atoms with Gasteiger partial charge < -0.3 is 13.9 Å². The van der Waals surface area contributed by atoms with Crippen LogP contribution in [0.2, 0.25) is 0 Å². The van der Waals surface area contributed by atoms with Gasteiger partial charge in [-0.2, -0.15) is 5.10 Å². The van der Waals surface area contributed by atoms with Crippen LogP contribution in [0.15, 0.2) is 58.1 Å². The van der Waals surface area contributed by atoms with E-state index < -0.39 is 0 Å². The average molecular weight is 579 g/mol. The molecule has 42 heavy (non-hydrogen) atoms. The lowest BCUT2D eigenvalue weighted by Gasteiger charge is -2.19. The monoisotopic (exact) mass is 578 g/mol. The van der Waals surface area contributed by atoms with Crippen molar-refractivity contribution in [2.24, 2.45) is 14.1 Å². The Kier molecular flexibility index (Phi) is 7.03. The van der Waals surface area contributed by atoms with Crippen LogP contribution in [0.5, 0.6) is 0 Å². The Morgan fingerprint density at radius 1 is 0.881 bits per heavy atom. The average Bonchev–Trinajstić information content (AvgIpc) is 3.61. The summed E-state index contributed by atoms with van der Waals surface area (Å²) in [5.41, 5.74) is 9.45. The van der Waals surface area contributed by atoms with E-state index in [1.54, 1.807) is 11.8 Å². The Balaban J connectivity index is 0.962. The summed E-state index contributed by atoms with van der Waals surface area (Å²) in [6.07, 6.45) is 3.14. The van der Waals surface area contributed by atoms with E-state index in [0.717, 1.165) is 100 Å². The van der Waals surface area contributed by atoms with Crippen LogP contribution < -0.4 is 0 Å². The standard InChI is InChI=1S/C32H34N8OS/c1-20-9-10-24-25(7-5-8-26(24)33-20)30-35-36-32(38(30)3)42-16-6-13-40-14-11-22-18-27-29(19-23(22)12-15-40)41-31(34-27)28-17-21(2)37-39(28)4/h5,7-10,17-19H,6,11-16H2,1-4H3. The molecule has 1 aliphatic heterocycles. The molecule has 4 aromatic heterocycles. The number of nitrogens with zero attached hydrogens (tertiary/aromatic N) is 8. The molecule has 0 amide bonds. The van der Waals surface area contributed by atoms with Crippen molar-refractivity contribution in [1.82, 2.24) is 39.4 Å². The highest BCUT2D eigenvalue weighted by molar-refractivity contribution is 7.99. The molecule has 5 heterocycles. The molecule has 0 atom stereocenters. The molecule has 0 bridgehead atoms. The molecule has 7 rings (SSSR count). The molecule has 0 unspecified atom stereocenters. The molecule has 10 heteroatoms. The molecule has 0 N–H and O–H groups in total. The first-order valence-electron chi connectivity index (χ1n) is 14.5. The van der Waals surface area contributed by atoms with E-state index in [0.29, 0.717) is 5.89 Å². The lowest BCUT2D eigenvalue weighted by molar-refractivity contribution is 0.289. The molecular formula is C32H34N8OS. The number of hydrogen-bond acceptors (Lipinski definition) is 8. The van der Waals surface area contributed by atoms with Gasteiger partial charge in [0, 0.05) is 49.6 Å². The van der Waals surface area contributed by atoms with Gasteiger partial charge in [0.1, 0.15) is 11.2 Å². The van der Waals surface area contributed by atoms with Crippen LogP contribution in [0.4, 0.5) is 0 Å². The fourth-order valence-corrected chi connectivity index (χ4v) is 6.75. The van der Waals surface area contributed by atoms with Crippen molar-refractivity contribution in [2.45, 2.75) is 38.3 Å². The molecule has 0 fully saturated rings. The molecule has 214 valence electrons. The highest BCUT2D eigenvalue weighted by Crippen LogP contribution is 2.30. The molecule has 9 nitrogen and oxygen atoms in total. The first-order valence-corrected chi connectivity index (χ1v) is 15.5. The SMILES string of the molecule is Cc1ccc2c(-c3nnc(SCCCN4CCc5cc6nc(-c7cc(C)nn7C)oc6cc5CC4)n3C)cccc2n1. The summed E-state index contributed by atoms with van der Waals surface area (Å²) >= 11 is 1.78. The van der Waals surface area contributed by atoms with E-state index in [1.165, 1.54) is 11.1 Å². The lowest BCUT2D eigenvalue weighted by Crippen LogP contribution is -2.27. The van der Waals surface area contributed by atoms with Crippen molar-refractivity contribution in [3.8, 4) is 23.0 Å². The summed E-state index contributed by atoms with van der Waals surface area (Å²) in [5.74, 6) is 2.51. The van der Waals surface area contributed by atoms with Crippen LogP contribution in [-0.2, 0) is 26.9 Å². The van der Waals surface area contributed by atoms with Gasteiger partial charge in [-0.15, -0.1) is 10.2 Å². The third-order valence-electron chi connectivity index (χ3n) is 8.12. The third kappa shape index (κ3) is 5.09. The van der Waals surface area contributed by atoms with Crippen LogP contribution in [0.3, 0.4) is 0 Å². The first-order chi connectivity index (χ1) is 20.4. The fourth-order valence-electron chi connectivity index (χ4n) is 5.92. The number of hydrogen-bond donors (Lipinski definition) is 0. The number of benzene rings is 2. The molecule has 0 radical (unpaired) electrons. The van der Waals surface area contributed by atoms with Crippen LogP contribution in [0.25, 0.3) is 45.0 Å². The molecule has 2 aromatic carbocycles. The van der Waals surface area contributed by atoms with Gasteiger partial charge in [-0.05, 0) is 81.1 Å². The van der Waals surface area contributed by atoms with Gasteiger partial charge in [-0.25, -0.2) is 4.98 Å². The Hall–Kier alpha value is -4.02. The van der Waals surface area contributed by atoms with Crippen LogP contribution in [0.1, 0.15) is 28.9 Å². The zero-order valence-electron chi connectivity index (χ0n) is 24.5. The van der Waals surface area contributed by atoms with Gasteiger partial charge in [-0.1, -0.05) is 30.0 Å². The van der Waals surface area contributed by atoms with E-state index in [2.05, 4.69) is 61.1 Å². The maximum Gasteiger partial charge on any atom is 0.245 e. The highest BCUT2D eigenvalue weighted by Gasteiger charge is 2.19. The predicted octanol–water partition coefficient (Wildman–Crippen LogP) is 5.77. The summed E-state index contributed by atoms with van der Waals surface area (Å²) in [5, 5.41) is 15.5. The molecule has 0 aliphatic carbocycles. The highest BCUT2D eigenvalue weighted by atomic mass is 32.2. The smallest absolute Gasteiger partial charge is 0.245 e. The van der Waals surface area contributed by atoms with Gasteiger partial charge >= 0.3 is 0 Å². The summed E-state index contributed by atoms with van der Waals surface area (Å²) in [6.45, 7) is 7.17. The summed E-state index contributed by atoms with van der Waals surface area (Å²) < 4.78 is 10.1. The third-order valence-corrected chi connectivity index (χ3v) is 9.23. The molecule has 0 spiro atoms. The molecule has 6 aromatic rings. The van der Waals surface area contributed by atoms with E-state index >= 15 is 0 Å². The van der Waals surface area contributed by atoms with Crippen molar-refractivity contribution < 1.29 is 4.42 Å². The number of oxazole rings is 1. The lowest BCUT2D eigenvalue weighted by atomic mass is 10.0. The zero-order valence-corrected chi connectivity index (χ0v) is 25.3. The summed E-state index contributed by atoms with van der Waals surface area (Å²) in [4.78, 5) is 12.0. The largest absolute Gasteiger partial charge is 0.435 e. The number of rotatable bonds is 7. The number of aromatic nitrogens is 7. The van der Waals surface area contributed by atoms with E-state index in [4.69, 9.17) is 9.40 Å². The molecular weight excluding hydrogens is 544 g/mol. The second-order valence-electron chi connectivity index (χ2n) is 11.1. The van der Waals surface area contributed by atoms with Crippen LogP contribution in [0, 0.1) is 13.8 Å². The number of aryl methyl sites for hydroxylation is 3. The van der Waals surface area contributed by atoms with Gasteiger partial charge in [-0.3, -0.25) is 9.67 Å². The van der Waals surface area contributed by atoms with Gasteiger partial charge in [0.05, 0.1) is 11.2 Å². The zero-order chi connectivity index (χ0) is 28.8. The normalized spacial score (nSPS) is 14.1. The number of thioether (sulfide) groups is 1. The van der Waals surface area contributed by atoms with E-state index in [1.807, 2.05) is 49.8 Å². The summed E-state index contributed by atoms with van der Waals surface area (Å²) in [6, 6.07) is 16.8. The topological polar surface area (TPSA) is 90.7 Å². The second-order valence-corrected chi connectivity index (χ2v) is 12.2. The van der Waals surface area contributed by atoms with Crippen LogP contribution in [-0.4, -0.2) is 64.8 Å². The fraction of sp³-hybridized carbons (Fsp3) is 0.344. The Labute approximate surface area is 249 Å². The second kappa shape index (κ2) is 11.0. The van der Waals surface area contributed by atoms with Crippen molar-refractivity contribution >= 4 is 33.8 Å². The Morgan fingerprint density at radius 2 is 1.71 bits per heavy atom. The van der Waals surface area contributed by atoms with E-state index in [-0.39, 0.29) is 0 Å². The van der Waals surface area contributed by atoms with Gasteiger partial charge in [0.25, 0.3) is 0 Å². The number of fused-ring (bicyclic) bond motifs is 3. The van der Waals surface area contributed by atoms with Crippen molar-refractivity contribution in [1.29, 1.82) is 0 Å². The van der Waals surface area contributed by atoms with Gasteiger partial charge in [0.2, 0.25) is 5.89 Å². The number of pyridine rings is 1. The predicted molar refractivity (Wildman–Crippen MR) is 167 cm³/mol. The summed E-state index contributed by atoms with van der Waals surface area (Å²) in [7, 11) is 3.98. The minimum atomic E-state index is 0.631. The van der Waals surface area contributed by atoms with Gasteiger partial charge in [0.15, 0.2) is 16.6 Å². The van der Waals surface area contributed by atoms with Crippen LogP contribution >= 0.6 is 11.8 Å². The molecule has 0 saturated carbocycles. The van der Waals surface area contributed by atoms with Crippen molar-refractivity contribution in [3.05, 3.63) is 71.0 Å². The minimum Gasteiger partial charge on any atom is -0.435 e. The maximum absolute atomic E-state index is 6.16. The molecule has 1 aliphatic rings. The Morgan fingerprint density at radius 3 is 2.52 bits per heavy atom. The first kappa shape index (κ1) is 26.9. The Bertz CT molecular complexity index is 1870.